The molecule has 5 heteroatoms. The van der Waals surface area contributed by atoms with Crippen LogP contribution in [0, 0.1) is 6.92 Å². The number of rotatable bonds is 6. The minimum Gasteiger partial charge on any atom is -0.330 e. The molecule has 0 aromatic heterocycles. The van der Waals surface area contributed by atoms with Gasteiger partial charge in [-0.25, -0.2) is 0 Å². The summed E-state index contributed by atoms with van der Waals surface area (Å²) in [7, 11) is 0. The monoisotopic (exact) mass is 272 g/mol. The number of anilines is 1. The van der Waals surface area contributed by atoms with Crippen molar-refractivity contribution < 1.29 is 4.79 Å². The van der Waals surface area contributed by atoms with E-state index in [0.717, 1.165) is 23.4 Å². The molecule has 0 heterocycles. The highest BCUT2D eigenvalue weighted by Crippen LogP contribution is 2.19. The fourth-order valence-corrected chi connectivity index (χ4v) is 2.30. The van der Waals surface area contributed by atoms with E-state index in [-0.39, 0.29) is 5.91 Å². The van der Waals surface area contributed by atoms with E-state index in [2.05, 4.69) is 5.32 Å². The molecule has 3 nitrogen and oxygen atoms in total. The Labute approximate surface area is 111 Å². The van der Waals surface area contributed by atoms with Crippen LogP contribution >= 0.6 is 23.4 Å². The molecule has 0 saturated carbocycles. The maximum absolute atomic E-state index is 11.6. The van der Waals surface area contributed by atoms with Gasteiger partial charge in [0.2, 0.25) is 5.91 Å². The van der Waals surface area contributed by atoms with Gasteiger partial charge in [-0.1, -0.05) is 11.6 Å². The summed E-state index contributed by atoms with van der Waals surface area (Å²) in [6.07, 6.45) is 0.942. The Hall–Kier alpha value is -0.710. The lowest BCUT2D eigenvalue weighted by Gasteiger charge is -2.08. The number of hydrogen-bond donors (Lipinski definition) is 2. The number of nitrogens with two attached hydrogens (primary N) is 1. The summed E-state index contributed by atoms with van der Waals surface area (Å²) in [5, 5.41) is 3.54. The van der Waals surface area contributed by atoms with Gasteiger partial charge in [-0.2, -0.15) is 11.8 Å². The number of carbonyl (C=O) groups is 1. The number of benzene rings is 1. The van der Waals surface area contributed by atoms with Crippen LogP contribution in [-0.4, -0.2) is 24.0 Å². The highest BCUT2D eigenvalue weighted by atomic mass is 35.5. The quantitative estimate of drug-likeness (QED) is 0.783. The number of carbonyl (C=O) groups excluding carboxylic acids is 1. The lowest BCUT2D eigenvalue weighted by molar-refractivity contribution is -0.113. The fraction of sp³-hybridized carbons (Fsp3) is 0.417. The Morgan fingerprint density at radius 1 is 1.53 bits per heavy atom. The smallest absolute Gasteiger partial charge is 0.234 e. The van der Waals surface area contributed by atoms with Crippen LogP contribution in [0.25, 0.3) is 0 Å². The number of aryl methyl sites for hydroxylation is 1. The van der Waals surface area contributed by atoms with Crippen molar-refractivity contribution in [1.29, 1.82) is 0 Å². The maximum Gasteiger partial charge on any atom is 0.234 e. The fourth-order valence-electron chi connectivity index (χ4n) is 1.30. The van der Waals surface area contributed by atoms with Gasteiger partial charge in [0.15, 0.2) is 0 Å². The second-order valence-corrected chi connectivity index (χ2v) is 5.24. The zero-order valence-corrected chi connectivity index (χ0v) is 11.4. The van der Waals surface area contributed by atoms with Gasteiger partial charge in [0.05, 0.1) is 5.75 Å². The highest BCUT2D eigenvalue weighted by molar-refractivity contribution is 7.99. The summed E-state index contributed by atoms with van der Waals surface area (Å²) >= 11 is 7.44. The maximum atomic E-state index is 11.6. The molecule has 1 rings (SSSR count). The van der Waals surface area contributed by atoms with Crippen LogP contribution in [0.1, 0.15) is 12.0 Å². The number of amides is 1. The number of nitrogens with one attached hydrogen (secondary N) is 1. The van der Waals surface area contributed by atoms with Crippen LogP contribution in [0.5, 0.6) is 0 Å². The lowest BCUT2D eigenvalue weighted by Crippen LogP contribution is -2.15. The van der Waals surface area contributed by atoms with Crippen LogP contribution in [0.4, 0.5) is 5.69 Å². The molecular weight excluding hydrogens is 256 g/mol. The zero-order valence-electron chi connectivity index (χ0n) is 9.83. The standard InChI is InChI=1S/C12H17ClN2OS/c1-9-7-10(13)3-4-11(9)15-12(16)8-17-6-2-5-14/h3-4,7H,2,5-6,8,14H2,1H3,(H,15,16). The van der Waals surface area contributed by atoms with Gasteiger partial charge in [0, 0.05) is 10.7 Å². The van der Waals surface area contributed by atoms with E-state index < -0.39 is 0 Å². The molecule has 0 saturated heterocycles. The van der Waals surface area contributed by atoms with E-state index >= 15 is 0 Å². The molecule has 1 amide bonds. The second kappa shape index (κ2) is 7.58. The number of hydrogen-bond acceptors (Lipinski definition) is 3. The third-order valence-electron chi connectivity index (χ3n) is 2.19. The van der Waals surface area contributed by atoms with Crippen LogP contribution in [-0.2, 0) is 4.79 Å². The first-order valence-electron chi connectivity index (χ1n) is 5.47. The van der Waals surface area contributed by atoms with Gasteiger partial charge in [-0.05, 0) is 49.4 Å². The molecule has 0 spiro atoms. The van der Waals surface area contributed by atoms with Crippen molar-refractivity contribution >= 4 is 35.0 Å². The Morgan fingerprint density at radius 2 is 2.29 bits per heavy atom. The Balaban J connectivity index is 2.40. The Bertz CT molecular complexity index is 385. The normalized spacial score (nSPS) is 10.3. The summed E-state index contributed by atoms with van der Waals surface area (Å²) in [5.41, 5.74) is 7.17. The molecule has 94 valence electrons. The molecular formula is C12H17ClN2OS. The van der Waals surface area contributed by atoms with E-state index in [1.807, 2.05) is 19.1 Å². The summed E-state index contributed by atoms with van der Waals surface area (Å²) in [5.74, 6) is 1.39. The first kappa shape index (κ1) is 14.4. The molecule has 0 atom stereocenters. The van der Waals surface area contributed by atoms with Gasteiger partial charge >= 0.3 is 0 Å². The van der Waals surface area contributed by atoms with Gasteiger partial charge < -0.3 is 11.1 Å². The lowest BCUT2D eigenvalue weighted by atomic mass is 10.2. The highest BCUT2D eigenvalue weighted by Gasteiger charge is 2.04. The SMILES string of the molecule is Cc1cc(Cl)ccc1NC(=O)CSCCCN. The Morgan fingerprint density at radius 3 is 2.94 bits per heavy atom. The van der Waals surface area contributed by atoms with Gasteiger partial charge in [-0.3, -0.25) is 4.79 Å². The second-order valence-electron chi connectivity index (χ2n) is 3.70. The van der Waals surface area contributed by atoms with E-state index in [9.17, 15) is 4.79 Å². The minimum atomic E-state index is 0.0115. The van der Waals surface area contributed by atoms with Crippen LogP contribution in [0.2, 0.25) is 5.02 Å². The molecule has 1 aromatic carbocycles. The van der Waals surface area contributed by atoms with Crippen molar-refractivity contribution in [1.82, 2.24) is 0 Å². The summed E-state index contributed by atoms with van der Waals surface area (Å²) in [6, 6.07) is 5.42. The number of halogens is 1. The third kappa shape index (κ3) is 5.44. The van der Waals surface area contributed by atoms with E-state index in [4.69, 9.17) is 17.3 Å². The molecule has 0 aliphatic heterocycles. The van der Waals surface area contributed by atoms with Crippen molar-refractivity contribution in [2.75, 3.05) is 23.4 Å². The molecule has 0 aliphatic rings. The van der Waals surface area contributed by atoms with Gasteiger partial charge in [-0.15, -0.1) is 0 Å². The molecule has 0 unspecified atom stereocenters. The first-order chi connectivity index (χ1) is 8.13. The van der Waals surface area contributed by atoms with Crippen molar-refractivity contribution in [3.05, 3.63) is 28.8 Å². The summed E-state index contributed by atoms with van der Waals surface area (Å²) in [6.45, 7) is 2.59. The van der Waals surface area contributed by atoms with Crippen molar-refractivity contribution in [3.8, 4) is 0 Å². The molecule has 3 N–H and O–H groups in total. The van der Waals surface area contributed by atoms with Gasteiger partial charge in [0.1, 0.15) is 0 Å². The molecule has 0 radical (unpaired) electrons. The Kier molecular flexibility index (Phi) is 6.40. The average Bonchev–Trinajstić information content (AvgIpc) is 2.28. The molecule has 1 aromatic rings. The largest absolute Gasteiger partial charge is 0.330 e. The van der Waals surface area contributed by atoms with E-state index in [1.54, 1.807) is 17.8 Å². The van der Waals surface area contributed by atoms with Crippen LogP contribution in [0.3, 0.4) is 0 Å². The average molecular weight is 273 g/mol. The predicted molar refractivity (Wildman–Crippen MR) is 75.8 cm³/mol. The van der Waals surface area contributed by atoms with Crippen LogP contribution < -0.4 is 11.1 Å². The third-order valence-corrected chi connectivity index (χ3v) is 3.47. The van der Waals surface area contributed by atoms with Gasteiger partial charge in [0.25, 0.3) is 0 Å². The summed E-state index contributed by atoms with van der Waals surface area (Å²) < 4.78 is 0. The first-order valence-corrected chi connectivity index (χ1v) is 7.00. The molecule has 0 aliphatic carbocycles. The predicted octanol–water partition coefficient (Wildman–Crippen LogP) is 2.67. The number of thioether (sulfide) groups is 1. The summed E-state index contributed by atoms with van der Waals surface area (Å²) in [4.78, 5) is 11.6. The van der Waals surface area contributed by atoms with Crippen molar-refractivity contribution in [3.63, 3.8) is 0 Å². The van der Waals surface area contributed by atoms with Crippen molar-refractivity contribution in [2.24, 2.45) is 5.73 Å². The van der Waals surface area contributed by atoms with Crippen LogP contribution in [0.15, 0.2) is 18.2 Å². The molecule has 17 heavy (non-hydrogen) atoms. The zero-order chi connectivity index (χ0) is 12.7. The molecule has 0 bridgehead atoms. The topological polar surface area (TPSA) is 55.1 Å². The minimum absolute atomic E-state index is 0.0115. The molecule has 0 fully saturated rings. The van der Waals surface area contributed by atoms with E-state index in [1.165, 1.54) is 0 Å². The van der Waals surface area contributed by atoms with E-state index in [0.29, 0.717) is 17.3 Å². The van der Waals surface area contributed by atoms with Crippen molar-refractivity contribution in [2.45, 2.75) is 13.3 Å².